The minimum Gasteiger partial charge on any atom is -0.460 e. The van der Waals surface area contributed by atoms with Gasteiger partial charge in [0.25, 0.3) is 0 Å². The van der Waals surface area contributed by atoms with Crippen LogP contribution in [0.15, 0.2) is 156 Å². The minimum atomic E-state index is -1.57. The summed E-state index contributed by atoms with van der Waals surface area (Å²) in [5, 5.41) is 15.9. The molecule has 0 aliphatic rings. The molecule has 0 bridgehead atoms. The first-order valence-corrected chi connectivity index (χ1v) is 45.9. The van der Waals surface area contributed by atoms with Gasteiger partial charge in [0, 0.05) is 37.6 Å². The first-order chi connectivity index (χ1) is 66.1. The fraction of sp³-hybridized carbons (Fsp3) is 0.490. The van der Waals surface area contributed by atoms with E-state index >= 15 is 0 Å². The molecule has 40 nitrogen and oxygen atoms in total. The Hall–Kier alpha value is -14.1. The van der Waals surface area contributed by atoms with Crippen molar-refractivity contribution in [2.45, 2.75) is 262 Å². The lowest BCUT2D eigenvalue weighted by molar-refractivity contribution is -0.158. The first kappa shape index (κ1) is 117. The monoisotopic (exact) mass is 1980 g/mol. The Bertz CT molecular complexity index is 5010. The third-order valence-electron chi connectivity index (χ3n) is 17.6. The molecule has 6 rings (SSSR count). The number of ether oxygens (including phenoxy) is 16. The van der Waals surface area contributed by atoms with Gasteiger partial charge >= 0.3 is 72.4 Å². The second-order valence-electron chi connectivity index (χ2n) is 40.0. The van der Waals surface area contributed by atoms with E-state index in [1.54, 1.807) is 190 Å². The van der Waals surface area contributed by atoms with Crippen molar-refractivity contribution in [2.24, 2.45) is 9.98 Å². The Balaban J connectivity index is 1.03. The van der Waals surface area contributed by atoms with Crippen molar-refractivity contribution >= 4 is 107 Å². The summed E-state index contributed by atoms with van der Waals surface area (Å²) in [7, 11) is 0. The van der Waals surface area contributed by atoms with Gasteiger partial charge in [0.2, 0.25) is 23.7 Å². The normalized spacial score (nSPS) is 12.5. The molecular weight excluding hydrogens is 1850 g/mol. The van der Waals surface area contributed by atoms with E-state index in [1.807, 2.05) is 0 Å². The molecule has 0 heterocycles. The topological polar surface area (TPSA) is 490 Å². The van der Waals surface area contributed by atoms with Crippen LogP contribution in [0.2, 0.25) is 0 Å². The molecule has 6 N–H and O–H groups in total. The Kier molecular flexibility index (Phi) is 43.9. The predicted molar refractivity (Wildman–Crippen MR) is 521 cm³/mol. The molecule has 0 aliphatic heterocycles. The number of hydrogen-bond donors (Lipinski definition) is 6. The largest absolute Gasteiger partial charge is 0.460 e. The van der Waals surface area contributed by atoms with E-state index in [2.05, 4.69) is 41.9 Å². The maximum Gasteiger partial charge on any atom is 0.437 e. The maximum absolute atomic E-state index is 14.6. The predicted octanol–water partition coefficient (Wildman–Crippen LogP) is 16.0. The standard InChI is InChI=1S/C102H136N10O30/c1-95(2,3)135-79(113)59-77(111(61-67-27-25-29-71(57-67)85(119)137-97(7,8)9)93(125)131-63-65-31-43-75(44-32-65)133-83(117)69-35-39-73(40-36-69)105-87(107-89(121)139-99(13,14)15)108-90(122)140-100(16,17)18)81(115)103-47-49-127-51-53-129-55-56-130-54-52-128-50-48-104-82(116)78(60-80(114)136-96(4,5)6)112(62-68-28-26-30-72(58-68)86(120)138-98(10,11)12)94(126)132-64-66-33-45-76(46-34-66)134-84(118)70-37-41-74(42-38-70)106-88(109-91(123)141-101(19,20)21)110-92(124)142-102(22,23)24/h25-46,57-58,77-78H,47-56,59-64H2,1-24H3,(H,103,115)(H,104,116)(H2,105,107,108,121,122)(H2,106,109,110,123,124)/t77-,78-/m0/s1. The molecule has 0 fully saturated rings. The highest BCUT2D eigenvalue weighted by molar-refractivity contribution is 6.08. The maximum atomic E-state index is 14.6. The first-order valence-electron chi connectivity index (χ1n) is 45.9. The summed E-state index contributed by atoms with van der Waals surface area (Å²) in [4.78, 5) is 199. The van der Waals surface area contributed by atoms with Crippen molar-refractivity contribution in [2.75, 3.05) is 76.6 Å². The molecule has 0 spiro atoms. The fourth-order valence-corrected chi connectivity index (χ4v) is 12.0. The van der Waals surface area contributed by atoms with Crippen LogP contribution in [0.3, 0.4) is 0 Å². The second-order valence-corrected chi connectivity index (χ2v) is 40.0. The molecule has 0 aromatic heterocycles. The van der Waals surface area contributed by atoms with Crippen molar-refractivity contribution in [3.05, 3.63) is 190 Å². The SMILES string of the molecule is CC(C)(C)OC(=O)C[C@@H](C(=O)NCCOCCOCCOCCOCCNC(=O)[C@H](CC(=O)OC(C)(C)C)N(Cc1cccc(C(=O)OC(C)(C)C)c1)C(=O)OCc1ccc(OC(=O)c2ccc(NC(=NC(=O)OC(C)(C)C)NC(=O)OC(C)(C)C)cc2)cc1)N(Cc1cccc(C(=O)OC(C)(C)C)c1)C(=O)OCc1ccc(OC(=O)c2ccc(NC(=NC(=O)OC(C)(C)C)NC(=O)OC(C)(C)C)cc2)cc1. The number of alkyl carbamates (subject to hydrolysis) is 2. The molecule has 40 heteroatoms. The molecule has 0 radical (unpaired) electrons. The lowest BCUT2D eigenvalue weighted by atomic mass is 10.1. The van der Waals surface area contributed by atoms with Crippen LogP contribution in [0, 0.1) is 0 Å². The number of anilines is 2. The third kappa shape index (κ3) is 47.7. The minimum absolute atomic E-state index is 0.0434. The van der Waals surface area contributed by atoms with Crippen molar-refractivity contribution in [1.29, 1.82) is 0 Å². The van der Waals surface area contributed by atoms with Gasteiger partial charge in [0.1, 0.15) is 81.6 Å². The quantitative estimate of drug-likeness (QED) is 0.00521. The highest BCUT2D eigenvalue weighted by atomic mass is 16.6. The smallest absolute Gasteiger partial charge is 0.437 e. The van der Waals surface area contributed by atoms with E-state index in [-0.39, 0.29) is 138 Å². The molecular formula is C102H136N10O30. The van der Waals surface area contributed by atoms with E-state index in [9.17, 15) is 67.1 Å². The number of nitrogens with zero attached hydrogens (tertiary/aromatic N) is 4. The fourth-order valence-electron chi connectivity index (χ4n) is 12.0. The number of carbonyl (C=O) groups is 14. The van der Waals surface area contributed by atoms with Crippen LogP contribution < -0.4 is 41.4 Å². The second kappa shape index (κ2) is 53.5. The lowest BCUT2D eigenvalue weighted by Crippen LogP contribution is -2.51. The number of nitrogens with one attached hydrogen (secondary N) is 6. The Morgan fingerprint density at radius 1 is 0.310 bits per heavy atom. The van der Waals surface area contributed by atoms with E-state index in [0.717, 1.165) is 9.80 Å². The van der Waals surface area contributed by atoms with Crippen molar-refractivity contribution in [3.63, 3.8) is 0 Å². The van der Waals surface area contributed by atoms with Crippen LogP contribution in [-0.2, 0) is 112 Å². The summed E-state index contributed by atoms with van der Waals surface area (Å²) in [6.07, 6.45) is -7.18. The van der Waals surface area contributed by atoms with Gasteiger partial charge in [0.15, 0.2) is 0 Å². The number of amides is 8. The summed E-state index contributed by atoms with van der Waals surface area (Å²) in [5.41, 5.74) is -4.61. The molecule has 0 saturated carbocycles. The van der Waals surface area contributed by atoms with Gasteiger partial charge in [0.05, 0.1) is 88.0 Å². The van der Waals surface area contributed by atoms with Gasteiger partial charge < -0.3 is 97.1 Å². The molecule has 0 aliphatic carbocycles. The molecule has 2 atom stereocenters. The average molecular weight is 1980 g/mol. The molecule has 0 saturated heterocycles. The Morgan fingerprint density at radius 2 is 0.606 bits per heavy atom. The van der Waals surface area contributed by atoms with Gasteiger partial charge in [-0.1, -0.05) is 48.5 Å². The number of rotatable bonds is 39. The number of guanidine groups is 2. The molecule has 142 heavy (non-hydrogen) atoms. The number of hydrogen-bond acceptors (Lipinski definition) is 30. The van der Waals surface area contributed by atoms with Gasteiger partial charge in [-0.05, 0) is 285 Å². The zero-order chi connectivity index (χ0) is 106. The number of aliphatic imine (C=N–C) groups is 2. The number of benzene rings is 6. The van der Waals surface area contributed by atoms with E-state index < -0.39 is 154 Å². The van der Waals surface area contributed by atoms with Crippen LogP contribution in [-0.4, -0.2) is 229 Å². The van der Waals surface area contributed by atoms with Gasteiger partial charge in [-0.25, -0.2) is 47.9 Å². The van der Waals surface area contributed by atoms with Crippen LogP contribution in [0.5, 0.6) is 11.5 Å². The van der Waals surface area contributed by atoms with E-state index in [4.69, 9.17) is 75.8 Å². The highest BCUT2D eigenvalue weighted by Gasteiger charge is 2.38. The Morgan fingerprint density at radius 3 is 0.901 bits per heavy atom. The summed E-state index contributed by atoms with van der Waals surface area (Å²) in [6, 6.07) is 32.8. The van der Waals surface area contributed by atoms with Crippen molar-refractivity contribution < 1.29 is 143 Å². The summed E-state index contributed by atoms with van der Waals surface area (Å²) >= 11 is 0. The molecule has 0 unspecified atom stereocenters. The third-order valence-corrected chi connectivity index (χ3v) is 17.6. The summed E-state index contributed by atoms with van der Waals surface area (Å²) < 4.78 is 89.7. The van der Waals surface area contributed by atoms with Crippen LogP contribution in [0.25, 0.3) is 0 Å². The average Bonchev–Trinajstić information content (AvgIpc) is 0.826. The van der Waals surface area contributed by atoms with Gasteiger partial charge in [-0.3, -0.25) is 39.6 Å². The summed E-state index contributed by atoms with van der Waals surface area (Å²) in [5.74, 6) is -6.47. The zero-order valence-electron chi connectivity index (χ0n) is 85.4. The molecule has 774 valence electrons. The zero-order valence-corrected chi connectivity index (χ0v) is 85.4. The van der Waals surface area contributed by atoms with Crippen LogP contribution >= 0.6 is 0 Å². The highest BCUT2D eigenvalue weighted by Crippen LogP contribution is 2.27. The number of esters is 6. The summed E-state index contributed by atoms with van der Waals surface area (Å²) in [6.45, 7) is 38.8. The Labute approximate surface area is 827 Å². The molecule has 6 aromatic carbocycles. The molecule has 8 amide bonds. The van der Waals surface area contributed by atoms with Gasteiger partial charge in [-0.15, -0.1) is 9.98 Å². The van der Waals surface area contributed by atoms with Crippen molar-refractivity contribution in [1.82, 2.24) is 31.1 Å². The van der Waals surface area contributed by atoms with Crippen LogP contribution in [0.1, 0.15) is 243 Å². The van der Waals surface area contributed by atoms with Gasteiger partial charge in [-0.2, -0.15) is 0 Å². The number of carbonyl (C=O) groups excluding carboxylic acids is 14. The molecule has 6 aromatic rings. The lowest BCUT2D eigenvalue weighted by Gasteiger charge is -2.31. The van der Waals surface area contributed by atoms with Crippen molar-refractivity contribution in [3.8, 4) is 11.5 Å². The van der Waals surface area contributed by atoms with E-state index in [0.29, 0.717) is 33.6 Å². The van der Waals surface area contributed by atoms with Crippen LogP contribution in [0.4, 0.5) is 40.1 Å². The van der Waals surface area contributed by atoms with E-state index in [1.165, 1.54) is 121 Å².